The van der Waals surface area contributed by atoms with Crippen LogP contribution in [0.25, 0.3) is 0 Å². The minimum absolute atomic E-state index is 0.122. The van der Waals surface area contributed by atoms with Crippen LogP contribution in [0, 0.1) is 5.82 Å². The van der Waals surface area contributed by atoms with Gasteiger partial charge in [-0.3, -0.25) is 9.78 Å². The Morgan fingerprint density at radius 3 is 2.51 bits per heavy atom. The van der Waals surface area contributed by atoms with Crippen LogP contribution in [0.3, 0.4) is 0 Å². The number of amides is 1. The van der Waals surface area contributed by atoms with E-state index in [9.17, 15) is 14.4 Å². The lowest BCUT2D eigenvalue weighted by atomic mass is 9.92. The number of esters is 1. The number of likely N-dealkylation sites (tertiary alicyclic amines) is 1. The third-order valence-corrected chi connectivity index (χ3v) is 8.11. The Bertz CT molecular complexity index is 1320. The highest BCUT2D eigenvalue weighted by molar-refractivity contribution is 5.95. The molecule has 11 heteroatoms. The van der Waals surface area contributed by atoms with Crippen molar-refractivity contribution in [3.8, 4) is 0 Å². The minimum Gasteiger partial charge on any atom is -0.449 e. The number of hydroxylamine groups is 2. The first-order valence-corrected chi connectivity index (χ1v) is 13.4. The van der Waals surface area contributed by atoms with Gasteiger partial charge in [0.25, 0.3) is 0 Å². The highest BCUT2D eigenvalue weighted by atomic mass is 19.1. The molecule has 4 aliphatic rings. The third-order valence-electron chi connectivity index (χ3n) is 8.11. The fourth-order valence-electron chi connectivity index (χ4n) is 5.97. The molecule has 0 bridgehead atoms. The number of hydrogen-bond acceptors (Lipinski definition) is 9. The Morgan fingerprint density at radius 1 is 1.05 bits per heavy atom. The molecule has 3 aliphatic heterocycles. The summed E-state index contributed by atoms with van der Waals surface area (Å²) in [7, 11) is 0. The fraction of sp³-hybridized carbons (Fsp3) is 0.500. The molecule has 1 aromatic heterocycles. The number of piperazine rings is 1. The summed E-state index contributed by atoms with van der Waals surface area (Å²) < 4.78 is 26.3. The smallest absolute Gasteiger partial charge is 0.449 e. The zero-order valence-electron chi connectivity index (χ0n) is 22.0. The number of halogens is 1. The number of aromatic nitrogens is 1. The standard InChI is InChI=1S/C28H31FN4O6/c1-18(2)37-26(36)39-33-13-11-31(12-14-33)19-3-4-22(23(29)15-19)27(6-7-27)25(35)32-10-8-28(17-32)21-5-9-30-16-20(21)24(34)38-28/h3-5,9,15-16,18H,6-8,10-14,17H2,1-2H3. The zero-order valence-corrected chi connectivity index (χ0v) is 22.0. The highest BCUT2D eigenvalue weighted by Crippen LogP contribution is 2.53. The van der Waals surface area contributed by atoms with Crippen LogP contribution in [0.2, 0.25) is 0 Å². The Hall–Kier alpha value is -3.73. The Balaban J connectivity index is 1.12. The average Bonchev–Trinajstić information content (AvgIpc) is 3.53. The second-order valence-corrected chi connectivity index (χ2v) is 11.0. The van der Waals surface area contributed by atoms with Gasteiger partial charge >= 0.3 is 12.1 Å². The lowest BCUT2D eigenvalue weighted by Gasteiger charge is -2.34. The largest absolute Gasteiger partial charge is 0.528 e. The van der Waals surface area contributed by atoms with E-state index in [1.54, 1.807) is 42.1 Å². The van der Waals surface area contributed by atoms with Gasteiger partial charge in [0.15, 0.2) is 5.60 Å². The Labute approximate surface area is 225 Å². The van der Waals surface area contributed by atoms with E-state index in [4.69, 9.17) is 14.3 Å². The van der Waals surface area contributed by atoms with E-state index in [0.29, 0.717) is 68.8 Å². The predicted molar refractivity (Wildman–Crippen MR) is 136 cm³/mol. The molecule has 1 unspecified atom stereocenters. The van der Waals surface area contributed by atoms with Gasteiger partial charge in [-0.25, -0.2) is 14.0 Å². The van der Waals surface area contributed by atoms with Crippen molar-refractivity contribution in [1.29, 1.82) is 0 Å². The molecular formula is C28H31FN4O6. The van der Waals surface area contributed by atoms with Crippen LogP contribution in [-0.2, 0) is 30.1 Å². The van der Waals surface area contributed by atoms with Crippen LogP contribution >= 0.6 is 0 Å². The first kappa shape index (κ1) is 25.5. The van der Waals surface area contributed by atoms with Crippen LogP contribution < -0.4 is 4.90 Å². The summed E-state index contributed by atoms with van der Waals surface area (Å²) in [4.78, 5) is 50.8. The van der Waals surface area contributed by atoms with Crippen molar-refractivity contribution in [2.45, 2.75) is 50.2 Å². The lowest BCUT2D eigenvalue weighted by Crippen LogP contribution is -2.47. The van der Waals surface area contributed by atoms with Gasteiger partial charge in [-0.1, -0.05) is 6.07 Å². The summed E-state index contributed by atoms with van der Waals surface area (Å²) >= 11 is 0. The van der Waals surface area contributed by atoms with Gasteiger partial charge in [0.05, 0.1) is 36.7 Å². The molecule has 1 saturated carbocycles. The maximum Gasteiger partial charge on any atom is 0.528 e. The molecule has 1 aliphatic carbocycles. The minimum atomic E-state index is -0.888. The summed E-state index contributed by atoms with van der Waals surface area (Å²) in [6.07, 6.45) is 3.80. The van der Waals surface area contributed by atoms with Crippen molar-refractivity contribution in [2.24, 2.45) is 0 Å². The summed E-state index contributed by atoms with van der Waals surface area (Å²) in [5, 5.41) is 1.54. The molecule has 39 heavy (non-hydrogen) atoms. The van der Waals surface area contributed by atoms with Gasteiger partial charge in [-0.2, -0.15) is 0 Å². The van der Waals surface area contributed by atoms with Crippen molar-refractivity contribution < 1.29 is 33.1 Å². The summed E-state index contributed by atoms with van der Waals surface area (Å²) in [6, 6.07) is 6.84. The van der Waals surface area contributed by atoms with E-state index in [0.717, 1.165) is 5.56 Å². The summed E-state index contributed by atoms with van der Waals surface area (Å²) in [5.41, 5.74) is 0.579. The SMILES string of the molecule is CC(C)OC(=O)ON1CCN(c2ccc(C3(C(=O)N4CCC5(C4)OC(=O)c4cnccc45)CC3)c(F)c2)CC1. The van der Waals surface area contributed by atoms with Gasteiger partial charge in [-0.05, 0) is 44.9 Å². The second kappa shape index (κ2) is 9.48. The predicted octanol–water partition coefficient (Wildman–Crippen LogP) is 3.15. The summed E-state index contributed by atoms with van der Waals surface area (Å²) in [5.74, 6) is -0.947. The normalized spacial score (nSPS) is 23.6. The first-order chi connectivity index (χ1) is 18.7. The van der Waals surface area contributed by atoms with Crippen LogP contribution in [0.5, 0.6) is 0 Å². The molecule has 2 aromatic rings. The monoisotopic (exact) mass is 538 g/mol. The first-order valence-electron chi connectivity index (χ1n) is 13.4. The van der Waals surface area contributed by atoms with E-state index in [-0.39, 0.29) is 18.6 Å². The van der Waals surface area contributed by atoms with E-state index in [2.05, 4.69) is 4.98 Å². The molecule has 1 atom stereocenters. The maximum absolute atomic E-state index is 15.5. The highest BCUT2D eigenvalue weighted by Gasteiger charge is 2.58. The Kier molecular flexibility index (Phi) is 6.21. The average molecular weight is 539 g/mol. The molecule has 1 spiro atoms. The van der Waals surface area contributed by atoms with Gasteiger partial charge < -0.3 is 24.1 Å². The van der Waals surface area contributed by atoms with Crippen molar-refractivity contribution >= 4 is 23.7 Å². The number of benzene rings is 1. The molecular weight excluding hydrogens is 507 g/mol. The molecule has 2 saturated heterocycles. The molecule has 10 nitrogen and oxygen atoms in total. The number of hydrogen-bond donors (Lipinski definition) is 0. The van der Waals surface area contributed by atoms with Crippen LogP contribution in [0.4, 0.5) is 14.9 Å². The van der Waals surface area contributed by atoms with E-state index >= 15 is 4.39 Å². The van der Waals surface area contributed by atoms with Crippen LogP contribution in [-0.4, -0.2) is 78.4 Å². The number of fused-ring (bicyclic) bond motifs is 2. The number of ether oxygens (including phenoxy) is 2. The number of pyridine rings is 1. The van der Waals surface area contributed by atoms with E-state index in [1.807, 2.05) is 11.0 Å². The molecule has 206 valence electrons. The van der Waals surface area contributed by atoms with Gasteiger partial charge in [-0.15, -0.1) is 5.06 Å². The molecule has 1 aromatic carbocycles. The van der Waals surface area contributed by atoms with Crippen molar-refractivity contribution in [3.05, 3.63) is 59.2 Å². The fourth-order valence-corrected chi connectivity index (χ4v) is 5.97. The zero-order chi connectivity index (χ0) is 27.4. The van der Waals surface area contributed by atoms with E-state index < -0.39 is 29.0 Å². The van der Waals surface area contributed by atoms with Gasteiger partial charge in [0, 0.05) is 55.3 Å². The Morgan fingerprint density at radius 2 is 1.82 bits per heavy atom. The molecule has 0 radical (unpaired) electrons. The molecule has 1 amide bonds. The number of carbonyl (C=O) groups excluding carboxylic acids is 3. The van der Waals surface area contributed by atoms with Gasteiger partial charge in [0.2, 0.25) is 5.91 Å². The lowest BCUT2D eigenvalue weighted by molar-refractivity contribution is -0.135. The van der Waals surface area contributed by atoms with Crippen molar-refractivity contribution in [2.75, 3.05) is 44.2 Å². The molecule has 6 rings (SSSR count). The second-order valence-electron chi connectivity index (χ2n) is 11.0. The number of rotatable bonds is 5. The molecule has 0 N–H and O–H groups in total. The number of nitrogens with zero attached hydrogens (tertiary/aromatic N) is 4. The van der Waals surface area contributed by atoms with E-state index in [1.165, 1.54) is 12.3 Å². The van der Waals surface area contributed by atoms with Crippen molar-refractivity contribution in [1.82, 2.24) is 14.9 Å². The van der Waals surface area contributed by atoms with Gasteiger partial charge in [0.1, 0.15) is 5.82 Å². The molecule has 3 fully saturated rings. The number of anilines is 1. The summed E-state index contributed by atoms with van der Waals surface area (Å²) in [6.45, 7) is 6.20. The maximum atomic E-state index is 15.5. The number of carbonyl (C=O) groups is 3. The van der Waals surface area contributed by atoms with Crippen LogP contribution in [0.1, 0.15) is 54.6 Å². The van der Waals surface area contributed by atoms with Crippen molar-refractivity contribution in [3.63, 3.8) is 0 Å². The molecule has 4 heterocycles. The van der Waals surface area contributed by atoms with Crippen LogP contribution in [0.15, 0.2) is 36.7 Å². The quantitative estimate of drug-likeness (QED) is 0.532. The third kappa shape index (κ3) is 4.48. The topological polar surface area (TPSA) is 102 Å².